The minimum atomic E-state index is 0.537. The van der Waals surface area contributed by atoms with E-state index in [9.17, 15) is 0 Å². The summed E-state index contributed by atoms with van der Waals surface area (Å²) in [7, 11) is 2.13. The third-order valence-corrected chi connectivity index (χ3v) is 4.45. The molecule has 0 amide bonds. The summed E-state index contributed by atoms with van der Waals surface area (Å²) in [5, 5.41) is 3.55. The van der Waals surface area contributed by atoms with Crippen molar-refractivity contribution in [1.82, 2.24) is 10.2 Å². The fourth-order valence-corrected chi connectivity index (χ4v) is 3.49. The largest absolute Gasteiger partial charge is 0.317 e. The lowest BCUT2D eigenvalue weighted by Gasteiger charge is -2.42. The Kier molecular flexibility index (Phi) is 6.13. The van der Waals surface area contributed by atoms with E-state index in [4.69, 9.17) is 0 Å². The molecule has 2 unspecified atom stereocenters. The van der Waals surface area contributed by atoms with Crippen LogP contribution in [0, 0.1) is 17.3 Å². The molecule has 0 aromatic carbocycles. The number of hydrogen-bond acceptors (Lipinski definition) is 2. The second kappa shape index (κ2) is 6.91. The standard InChI is InChI=1S/C16H34N2/c1-7-18(11-13(2)3)12-14-10-16(4,5)9-8-15(14)17-6/h13-15,17H,7-12H2,1-6H3. The first-order chi connectivity index (χ1) is 8.38. The van der Waals surface area contributed by atoms with E-state index in [-0.39, 0.29) is 0 Å². The van der Waals surface area contributed by atoms with Gasteiger partial charge in [0.25, 0.3) is 0 Å². The molecule has 1 fully saturated rings. The van der Waals surface area contributed by atoms with Gasteiger partial charge in [-0.25, -0.2) is 0 Å². The van der Waals surface area contributed by atoms with E-state index in [1.807, 2.05) is 0 Å². The lowest BCUT2D eigenvalue weighted by molar-refractivity contribution is 0.100. The van der Waals surface area contributed by atoms with E-state index >= 15 is 0 Å². The molecule has 0 aromatic rings. The molecule has 2 heteroatoms. The first-order valence-electron chi connectivity index (χ1n) is 7.77. The smallest absolute Gasteiger partial charge is 0.0105 e. The number of nitrogens with one attached hydrogen (secondary N) is 1. The van der Waals surface area contributed by atoms with Crippen LogP contribution in [0.1, 0.15) is 53.9 Å². The summed E-state index contributed by atoms with van der Waals surface area (Å²) in [6.07, 6.45) is 4.08. The Morgan fingerprint density at radius 3 is 2.50 bits per heavy atom. The van der Waals surface area contributed by atoms with Gasteiger partial charge in [-0.3, -0.25) is 0 Å². The Hall–Kier alpha value is -0.0800. The molecule has 1 N–H and O–H groups in total. The minimum absolute atomic E-state index is 0.537. The molecule has 0 spiro atoms. The van der Waals surface area contributed by atoms with E-state index in [1.165, 1.54) is 38.9 Å². The van der Waals surface area contributed by atoms with Crippen molar-refractivity contribution in [3.8, 4) is 0 Å². The van der Waals surface area contributed by atoms with Crippen molar-refractivity contribution < 1.29 is 0 Å². The second-order valence-corrected chi connectivity index (χ2v) is 7.31. The van der Waals surface area contributed by atoms with Crippen LogP contribution in [-0.2, 0) is 0 Å². The molecule has 2 atom stereocenters. The van der Waals surface area contributed by atoms with Crippen molar-refractivity contribution >= 4 is 0 Å². The topological polar surface area (TPSA) is 15.3 Å². The highest BCUT2D eigenvalue weighted by Crippen LogP contribution is 2.39. The Labute approximate surface area is 115 Å². The molecule has 1 rings (SSSR count). The zero-order chi connectivity index (χ0) is 13.8. The molecule has 0 aromatic heterocycles. The van der Waals surface area contributed by atoms with Crippen LogP contribution in [0.4, 0.5) is 0 Å². The summed E-state index contributed by atoms with van der Waals surface area (Å²) < 4.78 is 0. The molecule has 2 nitrogen and oxygen atoms in total. The Bertz CT molecular complexity index is 235. The number of nitrogens with zero attached hydrogens (tertiary/aromatic N) is 1. The van der Waals surface area contributed by atoms with Crippen molar-refractivity contribution in [2.75, 3.05) is 26.7 Å². The Morgan fingerprint density at radius 1 is 1.33 bits per heavy atom. The maximum atomic E-state index is 3.55. The van der Waals surface area contributed by atoms with Crippen LogP contribution in [0.2, 0.25) is 0 Å². The molecule has 0 saturated heterocycles. The van der Waals surface area contributed by atoms with Crippen LogP contribution in [0.15, 0.2) is 0 Å². The van der Waals surface area contributed by atoms with Gasteiger partial charge in [0, 0.05) is 19.1 Å². The van der Waals surface area contributed by atoms with Crippen molar-refractivity contribution in [2.24, 2.45) is 17.3 Å². The molecule has 108 valence electrons. The summed E-state index contributed by atoms with van der Waals surface area (Å²) in [4.78, 5) is 2.64. The minimum Gasteiger partial charge on any atom is -0.317 e. The fourth-order valence-electron chi connectivity index (χ4n) is 3.49. The highest BCUT2D eigenvalue weighted by atomic mass is 15.1. The van der Waals surface area contributed by atoms with Gasteiger partial charge >= 0.3 is 0 Å². The Balaban J connectivity index is 2.59. The van der Waals surface area contributed by atoms with E-state index < -0.39 is 0 Å². The van der Waals surface area contributed by atoms with Crippen LogP contribution >= 0.6 is 0 Å². The van der Waals surface area contributed by atoms with Gasteiger partial charge in [-0.15, -0.1) is 0 Å². The molecular weight excluding hydrogens is 220 g/mol. The van der Waals surface area contributed by atoms with Crippen LogP contribution in [-0.4, -0.2) is 37.6 Å². The molecule has 1 aliphatic rings. The van der Waals surface area contributed by atoms with Crippen molar-refractivity contribution in [3.05, 3.63) is 0 Å². The van der Waals surface area contributed by atoms with Gasteiger partial charge in [0.05, 0.1) is 0 Å². The molecule has 0 bridgehead atoms. The van der Waals surface area contributed by atoms with Crippen molar-refractivity contribution in [1.29, 1.82) is 0 Å². The maximum absolute atomic E-state index is 3.55. The predicted molar refractivity (Wildman–Crippen MR) is 80.9 cm³/mol. The fraction of sp³-hybridized carbons (Fsp3) is 1.00. The van der Waals surface area contributed by atoms with Crippen LogP contribution < -0.4 is 5.32 Å². The van der Waals surface area contributed by atoms with Gasteiger partial charge < -0.3 is 10.2 Å². The molecule has 0 aliphatic heterocycles. The van der Waals surface area contributed by atoms with Gasteiger partial charge in [-0.05, 0) is 50.1 Å². The first kappa shape index (κ1) is 16.0. The highest BCUT2D eigenvalue weighted by molar-refractivity contribution is 4.89. The summed E-state index contributed by atoms with van der Waals surface area (Å²) in [6.45, 7) is 15.5. The highest BCUT2D eigenvalue weighted by Gasteiger charge is 2.34. The van der Waals surface area contributed by atoms with Crippen LogP contribution in [0.3, 0.4) is 0 Å². The van der Waals surface area contributed by atoms with Gasteiger partial charge in [0.1, 0.15) is 0 Å². The van der Waals surface area contributed by atoms with Crippen molar-refractivity contribution in [2.45, 2.75) is 59.9 Å². The quantitative estimate of drug-likeness (QED) is 0.782. The van der Waals surface area contributed by atoms with E-state index in [0.717, 1.165) is 17.9 Å². The van der Waals surface area contributed by atoms with E-state index in [0.29, 0.717) is 5.41 Å². The van der Waals surface area contributed by atoms with Gasteiger partial charge in [0.15, 0.2) is 0 Å². The summed E-state index contributed by atoms with van der Waals surface area (Å²) in [6, 6.07) is 0.722. The molecule has 0 radical (unpaired) electrons. The lowest BCUT2D eigenvalue weighted by Crippen LogP contribution is -2.47. The second-order valence-electron chi connectivity index (χ2n) is 7.31. The maximum Gasteiger partial charge on any atom is 0.0105 e. The number of hydrogen-bond donors (Lipinski definition) is 1. The van der Waals surface area contributed by atoms with Crippen molar-refractivity contribution in [3.63, 3.8) is 0 Å². The molecular formula is C16H34N2. The summed E-state index contributed by atoms with van der Waals surface area (Å²) >= 11 is 0. The zero-order valence-corrected chi connectivity index (χ0v) is 13.4. The van der Waals surface area contributed by atoms with E-state index in [1.54, 1.807) is 0 Å². The predicted octanol–water partition coefficient (Wildman–Crippen LogP) is 3.38. The Morgan fingerprint density at radius 2 is 2.00 bits per heavy atom. The third kappa shape index (κ3) is 4.89. The van der Waals surface area contributed by atoms with Crippen LogP contribution in [0.5, 0.6) is 0 Å². The average molecular weight is 254 g/mol. The zero-order valence-electron chi connectivity index (χ0n) is 13.4. The van der Waals surface area contributed by atoms with Gasteiger partial charge in [-0.2, -0.15) is 0 Å². The normalized spacial score (nSPS) is 28.0. The SMILES string of the molecule is CCN(CC(C)C)CC1CC(C)(C)CCC1NC. The average Bonchev–Trinajstić information content (AvgIpc) is 2.26. The summed E-state index contributed by atoms with van der Waals surface area (Å²) in [5.74, 6) is 1.59. The van der Waals surface area contributed by atoms with Crippen LogP contribution in [0.25, 0.3) is 0 Å². The molecule has 18 heavy (non-hydrogen) atoms. The molecule has 1 aliphatic carbocycles. The van der Waals surface area contributed by atoms with Gasteiger partial charge in [-0.1, -0.05) is 34.6 Å². The lowest BCUT2D eigenvalue weighted by atomic mass is 9.69. The third-order valence-electron chi connectivity index (χ3n) is 4.45. The number of rotatable bonds is 6. The molecule has 1 saturated carbocycles. The van der Waals surface area contributed by atoms with E-state index in [2.05, 4.69) is 51.9 Å². The first-order valence-corrected chi connectivity index (χ1v) is 7.77. The summed E-state index contributed by atoms with van der Waals surface area (Å²) in [5.41, 5.74) is 0.537. The monoisotopic (exact) mass is 254 g/mol. The molecule has 0 heterocycles. The van der Waals surface area contributed by atoms with Gasteiger partial charge in [0.2, 0.25) is 0 Å².